The highest BCUT2D eigenvalue weighted by Crippen LogP contribution is 2.08. The van der Waals surface area contributed by atoms with Crippen molar-refractivity contribution < 1.29 is 0 Å². The van der Waals surface area contributed by atoms with Crippen LogP contribution >= 0.6 is 11.6 Å². The summed E-state index contributed by atoms with van der Waals surface area (Å²) in [6.45, 7) is 2.26. The third-order valence-corrected chi connectivity index (χ3v) is 2.24. The highest BCUT2D eigenvalue weighted by Gasteiger charge is 1.88. The molecule has 0 radical (unpaired) electrons. The maximum atomic E-state index is 5.40. The fourth-order valence-corrected chi connectivity index (χ4v) is 1.41. The van der Waals surface area contributed by atoms with Crippen LogP contribution in [0.5, 0.6) is 0 Å². The highest BCUT2D eigenvalue weighted by molar-refractivity contribution is 6.25. The number of halogens is 1. The van der Waals surface area contributed by atoms with Gasteiger partial charge in [0.2, 0.25) is 0 Å². The van der Waals surface area contributed by atoms with E-state index in [0.717, 1.165) is 6.42 Å². The molecule has 0 fully saturated rings. The fourth-order valence-electron chi connectivity index (χ4n) is 1.28. The lowest BCUT2D eigenvalue weighted by Gasteiger charge is -1.98. The van der Waals surface area contributed by atoms with Crippen LogP contribution in [0.4, 0.5) is 0 Å². The monoisotopic (exact) mass is 188 g/mol. The molecule has 0 saturated heterocycles. The third kappa shape index (κ3) is 10.0. The van der Waals surface area contributed by atoms with Crippen LogP contribution in [0, 0.1) is 0 Å². The minimum Gasteiger partial charge on any atom is -0.0933 e. The van der Waals surface area contributed by atoms with Crippen LogP contribution in [0.15, 0.2) is 11.6 Å². The van der Waals surface area contributed by atoms with E-state index in [0.29, 0.717) is 0 Å². The van der Waals surface area contributed by atoms with Gasteiger partial charge >= 0.3 is 0 Å². The number of hydrogen-bond acceptors (Lipinski definition) is 0. The molecule has 0 aromatic carbocycles. The van der Waals surface area contributed by atoms with Crippen LogP contribution in [0.2, 0.25) is 0 Å². The number of unbranched alkanes of at least 4 members (excludes halogenated alkanes) is 7. The first-order valence-corrected chi connectivity index (χ1v) is 5.60. The molecule has 0 atom stereocenters. The number of rotatable bonds is 8. The largest absolute Gasteiger partial charge is 0.0933 e. The lowest BCUT2D eigenvalue weighted by molar-refractivity contribution is 0.592. The quantitative estimate of drug-likeness (QED) is 0.477. The molecule has 0 aliphatic rings. The van der Waals surface area contributed by atoms with Gasteiger partial charge in [0.25, 0.3) is 0 Å². The smallest absolute Gasteiger partial charge is 0.000245 e. The molecular weight excluding hydrogens is 168 g/mol. The van der Waals surface area contributed by atoms with Crippen LogP contribution in [0.3, 0.4) is 0 Å². The molecule has 0 saturated carbocycles. The maximum Gasteiger partial charge on any atom is 0.000245 e. The Morgan fingerprint density at radius 1 is 0.917 bits per heavy atom. The van der Waals surface area contributed by atoms with Gasteiger partial charge in [0.15, 0.2) is 0 Å². The fraction of sp³-hybridized carbons (Fsp3) is 0.818. The minimum absolute atomic E-state index is 1.15. The van der Waals surface area contributed by atoms with E-state index < -0.39 is 0 Å². The Kier molecular flexibility index (Phi) is 11.1. The van der Waals surface area contributed by atoms with Gasteiger partial charge in [0, 0.05) is 5.54 Å². The van der Waals surface area contributed by atoms with Gasteiger partial charge in [-0.25, -0.2) is 0 Å². The molecule has 0 unspecified atom stereocenters. The van der Waals surface area contributed by atoms with E-state index in [1.807, 2.05) is 6.08 Å². The molecule has 12 heavy (non-hydrogen) atoms. The molecular formula is C11H21Cl. The van der Waals surface area contributed by atoms with Crippen molar-refractivity contribution in [1.82, 2.24) is 0 Å². The second-order valence-corrected chi connectivity index (χ2v) is 3.52. The Labute approximate surface area is 82.0 Å². The van der Waals surface area contributed by atoms with E-state index in [4.69, 9.17) is 11.6 Å². The van der Waals surface area contributed by atoms with Crippen LogP contribution in [0.25, 0.3) is 0 Å². The van der Waals surface area contributed by atoms with Gasteiger partial charge in [-0.3, -0.25) is 0 Å². The van der Waals surface area contributed by atoms with Gasteiger partial charge in [-0.05, 0) is 12.8 Å². The predicted octanol–water partition coefficient (Wildman–Crippen LogP) is 4.88. The molecule has 0 spiro atoms. The molecule has 0 aromatic heterocycles. The zero-order valence-electron chi connectivity index (χ0n) is 8.19. The number of hydrogen-bond donors (Lipinski definition) is 0. The first kappa shape index (κ1) is 12.0. The average molecular weight is 189 g/mol. The van der Waals surface area contributed by atoms with Crippen LogP contribution in [-0.4, -0.2) is 0 Å². The lowest BCUT2D eigenvalue weighted by atomic mass is 10.1. The molecule has 0 bridgehead atoms. The summed E-state index contributed by atoms with van der Waals surface area (Å²) in [7, 11) is 0. The molecule has 0 nitrogen and oxygen atoms in total. The summed E-state index contributed by atoms with van der Waals surface area (Å²) < 4.78 is 0. The lowest BCUT2D eigenvalue weighted by Crippen LogP contribution is -1.78. The minimum atomic E-state index is 1.15. The summed E-state index contributed by atoms with van der Waals surface area (Å²) in [6, 6.07) is 0. The van der Waals surface area contributed by atoms with E-state index in [2.05, 4.69) is 6.92 Å². The van der Waals surface area contributed by atoms with E-state index in [-0.39, 0.29) is 0 Å². The zero-order valence-corrected chi connectivity index (χ0v) is 8.95. The van der Waals surface area contributed by atoms with E-state index in [9.17, 15) is 0 Å². The van der Waals surface area contributed by atoms with E-state index >= 15 is 0 Å². The molecule has 0 heterocycles. The second kappa shape index (κ2) is 11.0. The van der Waals surface area contributed by atoms with Crippen molar-refractivity contribution in [3.05, 3.63) is 11.6 Å². The molecule has 0 rings (SSSR count). The van der Waals surface area contributed by atoms with Crippen molar-refractivity contribution in [3.63, 3.8) is 0 Å². The third-order valence-electron chi connectivity index (χ3n) is 2.06. The summed E-state index contributed by atoms with van der Waals surface area (Å²) in [5, 5.41) is 0. The molecule has 0 amide bonds. The van der Waals surface area contributed by atoms with Gasteiger partial charge in [-0.2, -0.15) is 0 Å². The second-order valence-electron chi connectivity index (χ2n) is 3.27. The van der Waals surface area contributed by atoms with Gasteiger partial charge in [-0.15, -0.1) is 0 Å². The molecule has 72 valence electrons. The van der Waals surface area contributed by atoms with E-state index in [1.165, 1.54) is 44.9 Å². The van der Waals surface area contributed by atoms with Gasteiger partial charge in [-0.1, -0.05) is 63.1 Å². The maximum absolute atomic E-state index is 5.40. The first-order valence-electron chi connectivity index (χ1n) is 5.17. The predicted molar refractivity (Wildman–Crippen MR) is 57.6 cm³/mol. The molecule has 0 aliphatic heterocycles. The zero-order chi connectivity index (χ0) is 9.07. The molecule has 0 aliphatic carbocycles. The summed E-state index contributed by atoms with van der Waals surface area (Å²) in [5.74, 6) is 0. The van der Waals surface area contributed by atoms with Gasteiger partial charge in [0.1, 0.15) is 0 Å². The van der Waals surface area contributed by atoms with Crippen molar-refractivity contribution in [2.24, 2.45) is 0 Å². The van der Waals surface area contributed by atoms with Crippen LogP contribution < -0.4 is 0 Å². The Bertz CT molecular complexity index is 97.2. The Morgan fingerprint density at radius 2 is 1.50 bits per heavy atom. The Hall–Kier alpha value is 0.0300. The average Bonchev–Trinajstić information content (AvgIpc) is 2.10. The first-order chi connectivity index (χ1) is 5.91. The normalized spacial score (nSPS) is 11.2. The van der Waals surface area contributed by atoms with Crippen LogP contribution in [0.1, 0.15) is 58.3 Å². The van der Waals surface area contributed by atoms with E-state index in [1.54, 1.807) is 5.54 Å². The molecule has 1 heteroatoms. The molecule has 0 N–H and O–H groups in total. The summed E-state index contributed by atoms with van der Waals surface area (Å²) in [5.41, 5.74) is 1.62. The summed E-state index contributed by atoms with van der Waals surface area (Å²) >= 11 is 5.40. The summed E-state index contributed by atoms with van der Waals surface area (Å²) in [6.07, 6.45) is 12.8. The van der Waals surface area contributed by atoms with Crippen molar-refractivity contribution in [1.29, 1.82) is 0 Å². The Balaban J connectivity index is 2.81. The van der Waals surface area contributed by atoms with Crippen molar-refractivity contribution in [3.8, 4) is 0 Å². The SMILES string of the molecule is CCCCCCCCC/C=C/Cl. The summed E-state index contributed by atoms with van der Waals surface area (Å²) in [4.78, 5) is 0. The Morgan fingerprint density at radius 3 is 2.08 bits per heavy atom. The highest BCUT2D eigenvalue weighted by atomic mass is 35.5. The van der Waals surface area contributed by atoms with Crippen molar-refractivity contribution in [2.75, 3.05) is 0 Å². The van der Waals surface area contributed by atoms with Crippen LogP contribution in [-0.2, 0) is 0 Å². The topological polar surface area (TPSA) is 0 Å². The molecule has 0 aromatic rings. The van der Waals surface area contributed by atoms with Gasteiger partial charge in [0.05, 0.1) is 0 Å². The standard InChI is InChI=1S/C11H21Cl/c1-2-3-4-5-6-7-8-9-10-11-12/h10-11H,2-9H2,1H3/b11-10+. The van der Waals surface area contributed by atoms with Crippen molar-refractivity contribution in [2.45, 2.75) is 58.3 Å². The van der Waals surface area contributed by atoms with Gasteiger partial charge < -0.3 is 0 Å². The number of allylic oxidation sites excluding steroid dienone is 1. The van der Waals surface area contributed by atoms with Crippen molar-refractivity contribution >= 4 is 11.6 Å².